The number of benzene rings is 7. The Labute approximate surface area is 263 Å². The number of hydrogen-bond donors (Lipinski definition) is 0. The maximum Gasteiger partial charge on any atom is 0.0793 e. The molecule has 212 valence electrons. The Balaban J connectivity index is 1.27. The Kier molecular flexibility index (Phi) is 5.61. The highest BCUT2D eigenvalue weighted by atomic mass is 14.7. The minimum atomic E-state index is -0.0327. The van der Waals surface area contributed by atoms with Gasteiger partial charge >= 0.3 is 0 Å². The van der Waals surface area contributed by atoms with Crippen molar-refractivity contribution < 1.29 is 0 Å². The first-order valence-electron chi connectivity index (χ1n) is 15.7. The summed E-state index contributed by atoms with van der Waals surface area (Å²) in [4.78, 5) is 5.06. The van der Waals surface area contributed by atoms with E-state index in [-0.39, 0.29) is 5.41 Å². The normalized spacial score (nSPS) is 13.3. The lowest BCUT2D eigenvalue weighted by Gasteiger charge is -2.22. The fraction of sp³-hybridized carbons (Fsp3) is 0.0682. The number of hydrogen-bond acceptors (Lipinski definition) is 1. The van der Waals surface area contributed by atoms with Crippen LogP contribution in [0.5, 0.6) is 0 Å². The summed E-state index contributed by atoms with van der Waals surface area (Å²) in [6.45, 7) is 4.70. The molecule has 1 heteroatoms. The number of pyridine rings is 1. The van der Waals surface area contributed by atoms with Crippen LogP contribution in [0.3, 0.4) is 0 Å². The molecule has 0 radical (unpaired) electrons. The lowest BCUT2D eigenvalue weighted by atomic mass is 9.81. The summed E-state index contributed by atoms with van der Waals surface area (Å²) in [6.07, 6.45) is 1.93. The van der Waals surface area contributed by atoms with Crippen molar-refractivity contribution in [1.82, 2.24) is 4.98 Å². The highest BCUT2D eigenvalue weighted by molar-refractivity contribution is 6.22. The van der Waals surface area contributed by atoms with Crippen molar-refractivity contribution in [2.24, 2.45) is 0 Å². The van der Waals surface area contributed by atoms with Gasteiger partial charge in [-0.15, -0.1) is 0 Å². The highest BCUT2D eigenvalue weighted by Crippen LogP contribution is 2.50. The molecule has 0 spiro atoms. The van der Waals surface area contributed by atoms with E-state index in [0.29, 0.717) is 0 Å². The first-order valence-corrected chi connectivity index (χ1v) is 15.7. The minimum absolute atomic E-state index is 0.0327. The van der Waals surface area contributed by atoms with Gasteiger partial charge in [-0.3, -0.25) is 4.98 Å². The maximum absolute atomic E-state index is 5.06. The zero-order valence-electron chi connectivity index (χ0n) is 25.4. The summed E-state index contributed by atoms with van der Waals surface area (Å²) in [6, 6.07) is 53.3. The molecule has 0 saturated carbocycles. The van der Waals surface area contributed by atoms with Crippen LogP contribution in [0.25, 0.3) is 77.0 Å². The van der Waals surface area contributed by atoms with Gasteiger partial charge in [-0.25, -0.2) is 0 Å². The molecule has 0 aliphatic heterocycles. The van der Waals surface area contributed by atoms with Crippen LogP contribution in [0.4, 0.5) is 0 Å². The van der Waals surface area contributed by atoms with Gasteiger partial charge in [0.1, 0.15) is 0 Å². The van der Waals surface area contributed by atoms with Crippen molar-refractivity contribution in [3.05, 3.63) is 163 Å². The van der Waals surface area contributed by atoms with E-state index in [9.17, 15) is 0 Å². The number of nitrogens with zero attached hydrogens (tertiary/aromatic N) is 1. The topological polar surface area (TPSA) is 12.9 Å². The van der Waals surface area contributed by atoms with Gasteiger partial charge in [0.2, 0.25) is 0 Å². The van der Waals surface area contributed by atoms with Crippen LogP contribution in [-0.2, 0) is 5.41 Å². The second-order valence-corrected chi connectivity index (χ2v) is 12.7. The molecule has 1 nitrogen and oxygen atoms in total. The lowest BCUT2D eigenvalue weighted by molar-refractivity contribution is 0.660. The van der Waals surface area contributed by atoms with Gasteiger partial charge in [0.05, 0.1) is 5.52 Å². The Morgan fingerprint density at radius 1 is 0.422 bits per heavy atom. The second kappa shape index (κ2) is 9.74. The first-order chi connectivity index (χ1) is 22.1. The summed E-state index contributed by atoms with van der Waals surface area (Å²) >= 11 is 0. The summed E-state index contributed by atoms with van der Waals surface area (Å²) in [5.41, 5.74) is 13.8. The van der Waals surface area contributed by atoms with E-state index < -0.39 is 0 Å². The van der Waals surface area contributed by atoms with E-state index in [1.807, 2.05) is 6.20 Å². The smallest absolute Gasteiger partial charge is 0.0793 e. The molecule has 1 aliphatic carbocycles. The van der Waals surface area contributed by atoms with Gasteiger partial charge in [0, 0.05) is 22.6 Å². The molecule has 9 rings (SSSR count). The Hall–Kier alpha value is -5.53. The third kappa shape index (κ3) is 3.84. The first kappa shape index (κ1) is 25.9. The predicted octanol–water partition coefficient (Wildman–Crippen LogP) is 11.8. The van der Waals surface area contributed by atoms with Crippen LogP contribution < -0.4 is 0 Å². The summed E-state index contributed by atoms with van der Waals surface area (Å²) in [7, 11) is 0. The van der Waals surface area contributed by atoms with E-state index in [1.165, 1.54) is 82.6 Å². The molecule has 0 bridgehead atoms. The fourth-order valence-electron chi connectivity index (χ4n) is 7.76. The predicted molar refractivity (Wildman–Crippen MR) is 191 cm³/mol. The Morgan fingerprint density at radius 3 is 1.93 bits per heavy atom. The Bertz CT molecular complexity index is 2400. The molecule has 0 atom stereocenters. The van der Waals surface area contributed by atoms with Crippen LogP contribution in [0.1, 0.15) is 25.0 Å². The molecular formula is C44H31N. The SMILES string of the molecule is CC1(C)c2ccccc2-c2ccc(-c3cccc(-c4c5ccccc5c(-c5cccc6ccccc56)c5ncccc45)c3)cc21. The van der Waals surface area contributed by atoms with E-state index in [4.69, 9.17) is 4.98 Å². The highest BCUT2D eigenvalue weighted by Gasteiger charge is 2.35. The molecule has 0 N–H and O–H groups in total. The third-order valence-electron chi connectivity index (χ3n) is 9.91. The number of fused-ring (bicyclic) bond motifs is 6. The van der Waals surface area contributed by atoms with Crippen LogP contribution in [0.2, 0.25) is 0 Å². The van der Waals surface area contributed by atoms with Crippen molar-refractivity contribution in [3.8, 4) is 44.5 Å². The van der Waals surface area contributed by atoms with Gasteiger partial charge in [-0.2, -0.15) is 0 Å². The van der Waals surface area contributed by atoms with E-state index in [2.05, 4.69) is 159 Å². The van der Waals surface area contributed by atoms with E-state index in [1.54, 1.807) is 0 Å². The van der Waals surface area contributed by atoms with Crippen LogP contribution in [0, 0.1) is 0 Å². The minimum Gasteiger partial charge on any atom is -0.256 e. The van der Waals surface area contributed by atoms with Crippen LogP contribution in [0.15, 0.2) is 152 Å². The van der Waals surface area contributed by atoms with Gasteiger partial charge < -0.3 is 0 Å². The maximum atomic E-state index is 5.06. The molecule has 1 aromatic heterocycles. The van der Waals surface area contributed by atoms with Gasteiger partial charge in [-0.05, 0) is 89.8 Å². The molecule has 8 aromatic rings. The monoisotopic (exact) mass is 573 g/mol. The average molecular weight is 574 g/mol. The van der Waals surface area contributed by atoms with Crippen molar-refractivity contribution in [2.45, 2.75) is 19.3 Å². The molecule has 1 aliphatic rings. The second-order valence-electron chi connectivity index (χ2n) is 12.7. The molecule has 45 heavy (non-hydrogen) atoms. The quantitative estimate of drug-likeness (QED) is 0.192. The molecule has 0 saturated heterocycles. The van der Waals surface area contributed by atoms with Crippen LogP contribution >= 0.6 is 0 Å². The standard InChI is InChI=1S/C44H31N/c1-44(2)39-22-8-7-17-33(39)34-24-23-30(27-40(34)44)29-14-9-15-31(26-29)41-36-18-5-6-19-37(36)42(43-38(41)21-11-25-45-43)35-20-10-13-28-12-3-4-16-32(28)35/h3-27H,1-2H3. The Morgan fingerprint density at radius 2 is 1.04 bits per heavy atom. The fourth-order valence-corrected chi connectivity index (χ4v) is 7.76. The zero-order chi connectivity index (χ0) is 30.1. The molecule has 0 amide bonds. The number of rotatable bonds is 3. The van der Waals surface area contributed by atoms with Crippen LogP contribution in [-0.4, -0.2) is 4.98 Å². The largest absolute Gasteiger partial charge is 0.256 e. The van der Waals surface area contributed by atoms with E-state index >= 15 is 0 Å². The lowest BCUT2D eigenvalue weighted by Crippen LogP contribution is -2.14. The van der Waals surface area contributed by atoms with Crippen molar-refractivity contribution in [1.29, 1.82) is 0 Å². The molecule has 0 fully saturated rings. The number of aromatic nitrogens is 1. The summed E-state index contributed by atoms with van der Waals surface area (Å²) in [5, 5.41) is 6.11. The van der Waals surface area contributed by atoms with Crippen molar-refractivity contribution in [3.63, 3.8) is 0 Å². The third-order valence-corrected chi connectivity index (χ3v) is 9.91. The van der Waals surface area contributed by atoms with Gasteiger partial charge in [-0.1, -0.05) is 141 Å². The molecule has 7 aromatic carbocycles. The van der Waals surface area contributed by atoms with Gasteiger partial charge in [0.15, 0.2) is 0 Å². The van der Waals surface area contributed by atoms with Crippen molar-refractivity contribution >= 4 is 32.4 Å². The molecular weight excluding hydrogens is 542 g/mol. The molecule has 0 unspecified atom stereocenters. The molecule has 1 heterocycles. The van der Waals surface area contributed by atoms with E-state index in [0.717, 1.165) is 5.52 Å². The van der Waals surface area contributed by atoms with Crippen molar-refractivity contribution in [2.75, 3.05) is 0 Å². The summed E-state index contributed by atoms with van der Waals surface area (Å²) < 4.78 is 0. The average Bonchev–Trinajstić information content (AvgIpc) is 3.32. The summed E-state index contributed by atoms with van der Waals surface area (Å²) in [5.74, 6) is 0. The van der Waals surface area contributed by atoms with Gasteiger partial charge in [0.25, 0.3) is 0 Å². The zero-order valence-corrected chi connectivity index (χ0v) is 25.4.